The van der Waals surface area contributed by atoms with Crippen LogP contribution in [0.5, 0.6) is 0 Å². The Kier molecular flexibility index (Phi) is 11.9. The lowest BCUT2D eigenvalue weighted by Crippen LogP contribution is -2.52. The molecule has 5 rings (SSSR count). The zero-order valence-electron chi connectivity index (χ0n) is 25.8. The molecule has 2 amide bonds. The molecule has 0 aliphatic rings. The van der Waals surface area contributed by atoms with Crippen molar-refractivity contribution in [1.29, 1.82) is 0 Å². The van der Waals surface area contributed by atoms with Crippen molar-refractivity contribution in [3.63, 3.8) is 0 Å². The average Bonchev–Trinajstić information content (AvgIpc) is 3.82. The number of methoxy groups -OCH3 is 2. The number of hydrogen-bond acceptors (Lipinski definition) is 9. The molecule has 0 unspecified atom stereocenters. The first kappa shape index (κ1) is 32.8. The summed E-state index contributed by atoms with van der Waals surface area (Å²) < 4.78 is 10.6. The van der Waals surface area contributed by atoms with Crippen LogP contribution in [0.25, 0.3) is 0 Å². The predicted octanol–water partition coefficient (Wildman–Crippen LogP) is 7.17. The summed E-state index contributed by atoms with van der Waals surface area (Å²) >= 11 is 2.78. The van der Waals surface area contributed by atoms with E-state index in [1.165, 1.54) is 36.9 Å². The highest BCUT2D eigenvalue weighted by Crippen LogP contribution is 2.28. The molecule has 0 bridgehead atoms. The molecule has 3 aromatic carbocycles. The Hall–Kier alpha value is -4.58. The van der Waals surface area contributed by atoms with Gasteiger partial charge in [0.25, 0.3) is 0 Å². The summed E-state index contributed by atoms with van der Waals surface area (Å²) in [6.07, 6.45) is 3.65. The number of aromatic nitrogens is 2. The van der Waals surface area contributed by atoms with Gasteiger partial charge >= 0.3 is 12.2 Å². The van der Waals surface area contributed by atoms with E-state index in [1.54, 1.807) is 33.2 Å². The lowest BCUT2D eigenvalue weighted by molar-refractivity contribution is 0.165. The summed E-state index contributed by atoms with van der Waals surface area (Å²) in [7, 11) is 2.80. The van der Waals surface area contributed by atoms with Crippen molar-refractivity contribution in [2.24, 2.45) is 0 Å². The van der Waals surface area contributed by atoms with Gasteiger partial charge in [-0.3, -0.25) is 24.7 Å². The van der Waals surface area contributed by atoms with E-state index in [9.17, 15) is 9.59 Å². The summed E-state index contributed by atoms with van der Waals surface area (Å²) in [5, 5.41) is 1.41. The van der Waals surface area contributed by atoms with E-state index in [0.717, 1.165) is 16.7 Å². The second-order valence-electron chi connectivity index (χ2n) is 10.7. The van der Waals surface area contributed by atoms with Gasteiger partial charge in [-0.2, -0.15) is 0 Å². The molecule has 2 atom stereocenters. The molecule has 0 aliphatic heterocycles. The van der Waals surface area contributed by atoms with E-state index < -0.39 is 12.2 Å². The predicted molar refractivity (Wildman–Crippen MR) is 184 cm³/mol. The van der Waals surface area contributed by atoms with Crippen LogP contribution in [0, 0.1) is 0 Å². The van der Waals surface area contributed by atoms with Crippen molar-refractivity contribution in [1.82, 2.24) is 14.9 Å². The largest absolute Gasteiger partial charge is 0.452 e. The molecule has 9 nitrogen and oxygen atoms in total. The van der Waals surface area contributed by atoms with Gasteiger partial charge in [-0.15, -0.1) is 22.7 Å². The topological polar surface area (TPSA) is 88.1 Å². The Morgan fingerprint density at radius 3 is 1.37 bits per heavy atom. The number of nitrogens with zero attached hydrogens (tertiary/aromatic N) is 5. The van der Waals surface area contributed by atoms with Crippen LogP contribution in [0.3, 0.4) is 0 Å². The van der Waals surface area contributed by atoms with Gasteiger partial charge in [0.1, 0.15) is 10.0 Å². The van der Waals surface area contributed by atoms with Crippen molar-refractivity contribution in [3.05, 3.63) is 131 Å². The van der Waals surface area contributed by atoms with Gasteiger partial charge in [0.05, 0.1) is 49.7 Å². The SMILES string of the molecule is COC(=O)N(c1cncs1)[C@H](Cc1ccccc1)CN(Cc1ccccc1)C[C@@H](Cc1ccccc1)N(C(=O)OC)c1cncs1. The van der Waals surface area contributed by atoms with E-state index >= 15 is 0 Å². The van der Waals surface area contributed by atoms with Crippen LogP contribution in [-0.2, 0) is 28.9 Å². The van der Waals surface area contributed by atoms with Crippen molar-refractivity contribution in [2.75, 3.05) is 37.1 Å². The van der Waals surface area contributed by atoms with Gasteiger partial charge in [-0.05, 0) is 29.5 Å². The van der Waals surface area contributed by atoms with Crippen molar-refractivity contribution >= 4 is 44.9 Å². The molecule has 2 aromatic heterocycles. The van der Waals surface area contributed by atoms with Crippen molar-refractivity contribution in [3.8, 4) is 0 Å². The molecule has 0 fully saturated rings. The third kappa shape index (κ3) is 8.78. The maximum absolute atomic E-state index is 13.4. The number of anilines is 2. The molecule has 0 N–H and O–H groups in total. The van der Waals surface area contributed by atoms with Crippen LogP contribution in [0.4, 0.5) is 19.6 Å². The fourth-order valence-electron chi connectivity index (χ4n) is 5.58. The standard InChI is InChI=1S/C35H37N5O4S2/c1-43-34(41)39(32-20-36-25-45-32)30(18-27-12-6-3-7-13-27)23-38(22-29-16-10-5-11-17-29)24-31(19-28-14-8-4-9-15-28)40(35(42)44-2)33-21-37-26-46-33/h3-17,20-21,25-26,30-31H,18-19,22-24H2,1-2H3/t30-,31-/m1/s1. The number of carbonyl (C=O) groups excluding carboxylic acids is 2. The summed E-state index contributed by atoms with van der Waals surface area (Å²) in [5.74, 6) is 0. The Labute approximate surface area is 277 Å². The number of benzene rings is 3. The van der Waals surface area contributed by atoms with Gasteiger partial charge in [-0.1, -0.05) is 91.0 Å². The number of ether oxygens (including phenoxy) is 2. The second-order valence-corrected chi connectivity index (χ2v) is 12.5. The average molecular weight is 656 g/mol. The molecule has 46 heavy (non-hydrogen) atoms. The summed E-state index contributed by atoms with van der Waals surface area (Å²) in [5.41, 5.74) is 6.72. The molecule has 0 radical (unpaired) electrons. The van der Waals surface area contributed by atoms with Crippen LogP contribution in [0.15, 0.2) is 114 Å². The first-order chi connectivity index (χ1) is 22.6. The molecule has 2 heterocycles. The molecular weight excluding hydrogens is 619 g/mol. The number of thiazole rings is 2. The van der Waals surface area contributed by atoms with Gasteiger partial charge < -0.3 is 9.47 Å². The smallest absolute Gasteiger partial charge is 0.415 e. The van der Waals surface area contributed by atoms with Gasteiger partial charge in [0.15, 0.2) is 0 Å². The lowest BCUT2D eigenvalue weighted by Gasteiger charge is -2.38. The Balaban J connectivity index is 1.56. The van der Waals surface area contributed by atoms with Gasteiger partial charge in [-0.25, -0.2) is 9.59 Å². The first-order valence-corrected chi connectivity index (χ1v) is 16.7. The van der Waals surface area contributed by atoms with Crippen LogP contribution in [0.1, 0.15) is 16.7 Å². The molecule has 5 aromatic rings. The minimum absolute atomic E-state index is 0.314. The molecule has 11 heteroatoms. The van der Waals surface area contributed by atoms with Crippen LogP contribution >= 0.6 is 22.7 Å². The number of hydrogen-bond donors (Lipinski definition) is 0. The monoisotopic (exact) mass is 655 g/mol. The van der Waals surface area contributed by atoms with E-state index in [4.69, 9.17) is 9.47 Å². The summed E-state index contributed by atoms with van der Waals surface area (Å²) in [4.78, 5) is 41.1. The van der Waals surface area contributed by atoms with E-state index in [1.807, 2.05) is 54.6 Å². The highest BCUT2D eigenvalue weighted by Gasteiger charge is 2.33. The normalized spacial score (nSPS) is 12.3. The highest BCUT2D eigenvalue weighted by molar-refractivity contribution is 7.14. The van der Waals surface area contributed by atoms with E-state index in [2.05, 4.69) is 51.3 Å². The lowest BCUT2D eigenvalue weighted by atomic mass is 10.0. The molecular formula is C35H37N5O4S2. The summed E-state index contributed by atoms with van der Waals surface area (Å²) in [6.45, 7) is 1.56. The molecule has 0 aliphatic carbocycles. The van der Waals surface area contributed by atoms with E-state index in [-0.39, 0.29) is 12.1 Å². The third-order valence-electron chi connectivity index (χ3n) is 7.60. The van der Waals surface area contributed by atoms with E-state index in [0.29, 0.717) is 42.5 Å². The third-order valence-corrected chi connectivity index (χ3v) is 9.14. The maximum atomic E-state index is 13.4. The van der Waals surface area contributed by atoms with Crippen LogP contribution in [0.2, 0.25) is 0 Å². The Morgan fingerprint density at radius 2 is 1.02 bits per heavy atom. The Morgan fingerprint density at radius 1 is 0.630 bits per heavy atom. The minimum Gasteiger partial charge on any atom is -0.452 e. The van der Waals surface area contributed by atoms with Gasteiger partial charge in [0.2, 0.25) is 0 Å². The quantitative estimate of drug-likeness (QED) is 0.125. The number of rotatable bonds is 14. The fraction of sp³-hybridized carbons (Fsp3) is 0.257. The molecule has 0 saturated carbocycles. The minimum atomic E-state index is -0.452. The number of carbonyl (C=O) groups is 2. The van der Waals surface area contributed by atoms with Crippen molar-refractivity contribution in [2.45, 2.75) is 31.5 Å². The van der Waals surface area contributed by atoms with Crippen LogP contribution in [-0.4, -0.2) is 66.4 Å². The fourth-order valence-corrected chi connectivity index (χ4v) is 6.96. The first-order valence-electron chi connectivity index (χ1n) is 14.9. The van der Waals surface area contributed by atoms with Gasteiger partial charge in [0, 0.05) is 19.6 Å². The molecule has 0 saturated heterocycles. The zero-order chi connectivity index (χ0) is 32.1. The van der Waals surface area contributed by atoms with Crippen molar-refractivity contribution < 1.29 is 19.1 Å². The zero-order valence-corrected chi connectivity index (χ0v) is 27.5. The summed E-state index contributed by atoms with van der Waals surface area (Å²) in [6, 6.07) is 29.8. The second kappa shape index (κ2) is 16.6. The van der Waals surface area contributed by atoms with Crippen LogP contribution < -0.4 is 9.80 Å². The highest BCUT2D eigenvalue weighted by atomic mass is 32.1. The molecule has 238 valence electrons. The maximum Gasteiger partial charge on any atom is 0.415 e. The number of amides is 2. The molecule has 0 spiro atoms. The Bertz CT molecular complexity index is 1510.